The summed E-state index contributed by atoms with van der Waals surface area (Å²) in [5.41, 5.74) is 0.913. The van der Waals surface area contributed by atoms with Crippen molar-refractivity contribution in [2.45, 2.75) is 13.3 Å². The van der Waals surface area contributed by atoms with Gasteiger partial charge in [0.05, 0.1) is 5.02 Å². The first kappa shape index (κ1) is 8.17. The Morgan fingerprint density at radius 2 is 2.09 bits per heavy atom. The summed E-state index contributed by atoms with van der Waals surface area (Å²) in [4.78, 5) is 0. The minimum Gasteiger partial charge on any atom is -0.0981 e. The van der Waals surface area contributed by atoms with E-state index in [9.17, 15) is 0 Å². The van der Waals surface area contributed by atoms with Gasteiger partial charge < -0.3 is 0 Å². The Morgan fingerprint density at radius 1 is 1.36 bits per heavy atom. The molecule has 1 heteroatoms. The van der Waals surface area contributed by atoms with Crippen LogP contribution in [0, 0.1) is 11.8 Å². The van der Waals surface area contributed by atoms with Gasteiger partial charge >= 0.3 is 0 Å². The first-order chi connectivity index (χ1) is 5.34. The quantitative estimate of drug-likeness (QED) is 0.517. The second kappa shape index (κ2) is 4.05. The molecule has 0 saturated carbocycles. The second-order valence-electron chi connectivity index (χ2n) is 2.14. The lowest BCUT2D eigenvalue weighted by molar-refractivity contribution is 1.28. The molecule has 0 aliphatic heterocycles. The molecule has 0 saturated heterocycles. The third kappa shape index (κ3) is 2.29. The van der Waals surface area contributed by atoms with Gasteiger partial charge in [-0.2, -0.15) is 0 Å². The maximum absolute atomic E-state index is 5.86. The largest absolute Gasteiger partial charge is 0.0981 e. The highest BCUT2D eigenvalue weighted by Crippen LogP contribution is 2.12. The van der Waals surface area contributed by atoms with E-state index >= 15 is 0 Å². The average molecular weight is 165 g/mol. The summed E-state index contributed by atoms with van der Waals surface area (Å²) >= 11 is 5.86. The van der Waals surface area contributed by atoms with Crippen LogP contribution < -0.4 is 0 Å². The average Bonchev–Trinajstić information content (AvgIpc) is 2.03. The third-order valence-electron chi connectivity index (χ3n) is 1.27. The molecule has 0 atom stereocenters. The highest BCUT2D eigenvalue weighted by atomic mass is 35.5. The van der Waals surface area contributed by atoms with Crippen LogP contribution >= 0.6 is 11.6 Å². The third-order valence-corrected chi connectivity index (χ3v) is 1.60. The van der Waals surface area contributed by atoms with Gasteiger partial charge in [0.25, 0.3) is 0 Å². The van der Waals surface area contributed by atoms with Crippen molar-refractivity contribution >= 4 is 11.6 Å². The molecule has 0 aliphatic carbocycles. The fourth-order valence-corrected chi connectivity index (χ4v) is 0.929. The van der Waals surface area contributed by atoms with E-state index < -0.39 is 0 Å². The van der Waals surface area contributed by atoms with E-state index in [0.717, 1.165) is 17.0 Å². The van der Waals surface area contributed by atoms with Crippen LogP contribution in [0.5, 0.6) is 0 Å². The van der Waals surface area contributed by atoms with Crippen LogP contribution in [0.2, 0.25) is 5.02 Å². The lowest BCUT2D eigenvalue weighted by Gasteiger charge is -1.91. The predicted octanol–water partition coefficient (Wildman–Crippen LogP) is 3.10. The number of rotatable bonds is 0. The Hall–Kier alpha value is -0.930. The zero-order chi connectivity index (χ0) is 8.10. The Labute approximate surface area is 72.2 Å². The van der Waals surface area contributed by atoms with E-state index in [4.69, 9.17) is 11.6 Å². The SMILES string of the molecule is CCC#Cc1ccccc1Cl. The Morgan fingerprint density at radius 3 is 2.73 bits per heavy atom. The Bertz CT molecular complexity index is 291. The molecule has 0 amide bonds. The van der Waals surface area contributed by atoms with E-state index in [0.29, 0.717) is 0 Å². The summed E-state index contributed by atoms with van der Waals surface area (Å²) in [6.45, 7) is 2.02. The maximum atomic E-state index is 5.86. The first-order valence-corrected chi connectivity index (χ1v) is 3.95. The molecule has 0 heterocycles. The van der Waals surface area contributed by atoms with Crippen LogP contribution in [-0.4, -0.2) is 0 Å². The van der Waals surface area contributed by atoms with E-state index in [1.54, 1.807) is 0 Å². The molecule has 1 rings (SSSR count). The van der Waals surface area contributed by atoms with Gasteiger partial charge in [0.1, 0.15) is 0 Å². The van der Waals surface area contributed by atoms with Gasteiger partial charge in [0, 0.05) is 12.0 Å². The smallest absolute Gasteiger partial charge is 0.0562 e. The highest BCUT2D eigenvalue weighted by molar-refractivity contribution is 6.31. The Kier molecular flexibility index (Phi) is 3.01. The molecule has 56 valence electrons. The summed E-state index contributed by atoms with van der Waals surface area (Å²) in [5.74, 6) is 5.95. The van der Waals surface area contributed by atoms with Gasteiger partial charge in [-0.15, -0.1) is 0 Å². The van der Waals surface area contributed by atoms with E-state index in [1.165, 1.54) is 0 Å². The van der Waals surface area contributed by atoms with Gasteiger partial charge in [-0.05, 0) is 12.1 Å². The van der Waals surface area contributed by atoms with Crippen LogP contribution in [0.25, 0.3) is 0 Å². The van der Waals surface area contributed by atoms with Gasteiger partial charge in [0.15, 0.2) is 0 Å². The molecular weight excluding hydrogens is 156 g/mol. The zero-order valence-corrected chi connectivity index (χ0v) is 7.15. The van der Waals surface area contributed by atoms with Crippen molar-refractivity contribution in [1.29, 1.82) is 0 Å². The van der Waals surface area contributed by atoms with E-state index in [-0.39, 0.29) is 0 Å². The summed E-state index contributed by atoms with van der Waals surface area (Å²) in [7, 11) is 0. The maximum Gasteiger partial charge on any atom is 0.0562 e. The van der Waals surface area contributed by atoms with Crippen molar-refractivity contribution in [2.75, 3.05) is 0 Å². The molecule has 0 fully saturated rings. The molecule has 11 heavy (non-hydrogen) atoms. The monoisotopic (exact) mass is 164 g/mol. The van der Waals surface area contributed by atoms with Gasteiger partial charge in [0.2, 0.25) is 0 Å². The molecule has 0 bridgehead atoms. The normalized spacial score (nSPS) is 8.55. The minimum atomic E-state index is 0.730. The number of hydrogen-bond acceptors (Lipinski definition) is 0. The number of halogens is 1. The van der Waals surface area contributed by atoms with Crippen molar-refractivity contribution in [3.63, 3.8) is 0 Å². The molecule has 0 spiro atoms. The van der Waals surface area contributed by atoms with E-state index in [2.05, 4.69) is 11.8 Å². The highest BCUT2D eigenvalue weighted by Gasteiger charge is 1.91. The summed E-state index contributed by atoms with van der Waals surface area (Å²) < 4.78 is 0. The second-order valence-corrected chi connectivity index (χ2v) is 2.54. The number of hydrogen-bond donors (Lipinski definition) is 0. The standard InChI is InChI=1S/C10H9Cl/c1-2-3-6-9-7-4-5-8-10(9)11/h4-5,7-8H,2H2,1H3. The predicted molar refractivity (Wildman–Crippen MR) is 48.6 cm³/mol. The van der Waals surface area contributed by atoms with Crippen molar-refractivity contribution < 1.29 is 0 Å². The van der Waals surface area contributed by atoms with Crippen LogP contribution in [0.3, 0.4) is 0 Å². The molecule has 0 N–H and O–H groups in total. The van der Waals surface area contributed by atoms with Gasteiger partial charge in [-0.25, -0.2) is 0 Å². The van der Waals surface area contributed by atoms with Crippen molar-refractivity contribution in [1.82, 2.24) is 0 Å². The minimum absolute atomic E-state index is 0.730. The molecule has 0 aromatic heterocycles. The molecular formula is C10H9Cl. The van der Waals surface area contributed by atoms with Crippen LogP contribution in [0.15, 0.2) is 24.3 Å². The van der Waals surface area contributed by atoms with Crippen LogP contribution in [-0.2, 0) is 0 Å². The molecule has 0 aliphatic rings. The van der Waals surface area contributed by atoms with E-state index in [1.807, 2.05) is 31.2 Å². The van der Waals surface area contributed by atoms with Gasteiger partial charge in [-0.1, -0.05) is 42.5 Å². The molecule has 0 radical (unpaired) electrons. The lowest BCUT2D eigenvalue weighted by atomic mass is 10.2. The topological polar surface area (TPSA) is 0 Å². The van der Waals surface area contributed by atoms with Crippen molar-refractivity contribution in [3.8, 4) is 11.8 Å². The summed E-state index contributed by atoms with van der Waals surface area (Å²) in [6, 6.07) is 7.61. The fraction of sp³-hybridized carbons (Fsp3) is 0.200. The van der Waals surface area contributed by atoms with Crippen molar-refractivity contribution in [2.24, 2.45) is 0 Å². The molecule has 0 nitrogen and oxygen atoms in total. The Balaban J connectivity index is 2.95. The molecule has 0 unspecified atom stereocenters. The summed E-state index contributed by atoms with van der Waals surface area (Å²) in [6.07, 6.45) is 0.866. The molecule has 1 aromatic carbocycles. The van der Waals surface area contributed by atoms with Crippen LogP contribution in [0.4, 0.5) is 0 Å². The number of benzene rings is 1. The fourth-order valence-electron chi connectivity index (χ4n) is 0.746. The zero-order valence-electron chi connectivity index (χ0n) is 6.39. The summed E-state index contributed by atoms with van der Waals surface area (Å²) in [5, 5.41) is 0.730. The van der Waals surface area contributed by atoms with Crippen LogP contribution in [0.1, 0.15) is 18.9 Å². The first-order valence-electron chi connectivity index (χ1n) is 3.58. The lowest BCUT2D eigenvalue weighted by Crippen LogP contribution is -1.73. The van der Waals surface area contributed by atoms with Crippen molar-refractivity contribution in [3.05, 3.63) is 34.9 Å². The molecule has 1 aromatic rings. The van der Waals surface area contributed by atoms with Gasteiger partial charge in [-0.3, -0.25) is 0 Å².